The van der Waals surface area contributed by atoms with Gasteiger partial charge in [0.25, 0.3) is 6.43 Å². The Morgan fingerprint density at radius 1 is 1.71 bits per heavy atom. The highest BCUT2D eigenvalue weighted by molar-refractivity contribution is 5.92. The van der Waals surface area contributed by atoms with Gasteiger partial charge in [0.05, 0.1) is 17.9 Å². The molecule has 0 saturated carbocycles. The third-order valence-electron chi connectivity index (χ3n) is 1.97. The van der Waals surface area contributed by atoms with E-state index in [1.807, 2.05) is 0 Å². The molecule has 0 radical (unpaired) electrons. The van der Waals surface area contributed by atoms with Gasteiger partial charge >= 0.3 is 5.97 Å². The quantitative estimate of drug-likeness (QED) is 0.812. The fraction of sp³-hybridized carbons (Fsp3) is 0.300. The molecule has 7 heteroatoms. The zero-order valence-electron chi connectivity index (χ0n) is 8.91. The van der Waals surface area contributed by atoms with Gasteiger partial charge < -0.3 is 10.5 Å². The average molecular weight is 241 g/mol. The smallest absolute Gasteiger partial charge is 0.358 e. The van der Waals surface area contributed by atoms with E-state index < -0.39 is 23.6 Å². The van der Waals surface area contributed by atoms with Crippen molar-refractivity contribution in [3.05, 3.63) is 23.0 Å². The van der Waals surface area contributed by atoms with Crippen molar-refractivity contribution in [1.29, 1.82) is 5.26 Å². The number of anilines is 1. The van der Waals surface area contributed by atoms with Crippen LogP contribution in [0.1, 0.15) is 35.0 Å². The molecule has 1 aromatic heterocycles. The summed E-state index contributed by atoms with van der Waals surface area (Å²) in [6.07, 6.45) is -2.08. The third-order valence-corrected chi connectivity index (χ3v) is 1.97. The molecule has 0 bridgehead atoms. The molecule has 0 unspecified atom stereocenters. The van der Waals surface area contributed by atoms with Crippen LogP contribution < -0.4 is 5.73 Å². The first-order valence-corrected chi connectivity index (χ1v) is 4.66. The number of esters is 1. The molecule has 5 nitrogen and oxygen atoms in total. The Kier molecular flexibility index (Phi) is 3.93. The van der Waals surface area contributed by atoms with Crippen LogP contribution in [0, 0.1) is 11.3 Å². The van der Waals surface area contributed by atoms with Gasteiger partial charge in [-0.3, -0.25) is 0 Å². The second-order valence-corrected chi connectivity index (χ2v) is 2.98. The number of halogens is 2. The van der Waals surface area contributed by atoms with Crippen LogP contribution in [-0.4, -0.2) is 17.6 Å². The standard InChI is InChI=1S/C10H9F2N3O2/c1-2-17-10(16)8-5(3-13)7(14)6(4-15-8)9(11)12/h4,9H,2H2,1H3,(H2,14,15). The van der Waals surface area contributed by atoms with Crippen molar-refractivity contribution < 1.29 is 18.3 Å². The number of pyridine rings is 1. The summed E-state index contributed by atoms with van der Waals surface area (Å²) in [6, 6.07) is 1.58. The van der Waals surface area contributed by atoms with Gasteiger partial charge in [-0.25, -0.2) is 18.6 Å². The van der Waals surface area contributed by atoms with Crippen molar-refractivity contribution in [2.24, 2.45) is 0 Å². The Bertz CT molecular complexity index is 483. The summed E-state index contributed by atoms with van der Waals surface area (Å²) in [5, 5.41) is 8.80. The highest BCUT2D eigenvalue weighted by atomic mass is 19.3. The van der Waals surface area contributed by atoms with E-state index in [1.54, 1.807) is 13.0 Å². The number of carbonyl (C=O) groups is 1. The van der Waals surface area contributed by atoms with Gasteiger partial charge in [-0.2, -0.15) is 5.26 Å². The van der Waals surface area contributed by atoms with Crippen molar-refractivity contribution in [2.45, 2.75) is 13.3 Å². The zero-order chi connectivity index (χ0) is 13.0. The topological polar surface area (TPSA) is 89.0 Å². The fourth-order valence-electron chi connectivity index (χ4n) is 1.18. The zero-order valence-corrected chi connectivity index (χ0v) is 8.91. The van der Waals surface area contributed by atoms with Crippen LogP contribution in [-0.2, 0) is 4.74 Å². The average Bonchev–Trinajstić information content (AvgIpc) is 2.28. The summed E-state index contributed by atoms with van der Waals surface area (Å²) in [4.78, 5) is 14.9. The summed E-state index contributed by atoms with van der Waals surface area (Å²) in [7, 11) is 0. The highest BCUT2D eigenvalue weighted by Gasteiger charge is 2.22. The van der Waals surface area contributed by atoms with Gasteiger partial charge in [0, 0.05) is 6.20 Å². The molecular formula is C10H9F2N3O2. The van der Waals surface area contributed by atoms with Crippen LogP contribution >= 0.6 is 0 Å². The maximum atomic E-state index is 12.5. The van der Waals surface area contributed by atoms with Crippen LogP contribution in [0.4, 0.5) is 14.5 Å². The molecule has 0 aromatic carbocycles. The Hall–Kier alpha value is -2.23. The van der Waals surface area contributed by atoms with Crippen molar-refractivity contribution in [3.63, 3.8) is 0 Å². The lowest BCUT2D eigenvalue weighted by atomic mass is 10.1. The summed E-state index contributed by atoms with van der Waals surface area (Å²) in [5.41, 5.74) is 3.62. The molecule has 2 N–H and O–H groups in total. The van der Waals surface area contributed by atoms with Crippen molar-refractivity contribution in [2.75, 3.05) is 12.3 Å². The molecule has 1 heterocycles. The molecule has 0 aliphatic heterocycles. The lowest BCUT2D eigenvalue weighted by Crippen LogP contribution is -2.12. The number of ether oxygens (including phenoxy) is 1. The summed E-state index contributed by atoms with van der Waals surface area (Å²) in [5.74, 6) is -0.864. The van der Waals surface area contributed by atoms with Gasteiger partial charge in [0.1, 0.15) is 11.6 Å². The largest absolute Gasteiger partial charge is 0.461 e. The van der Waals surface area contributed by atoms with Crippen LogP contribution in [0.5, 0.6) is 0 Å². The SMILES string of the molecule is CCOC(=O)c1ncc(C(F)F)c(N)c1C#N. The maximum absolute atomic E-state index is 12.5. The minimum absolute atomic E-state index is 0.0852. The molecule has 90 valence electrons. The fourth-order valence-corrected chi connectivity index (χ4v) is 1.18. The highest BCUT2D eigenvalue weighted by Crippen LogP contribution is 2.28. The van der Waals surface area contributed by atoms with E-state index in [0.29, 0.717) is 0 Å². The number of nitrogen functional groups attached to an aromatic ring is 1. The minimum atomic E-state index is -2.86. The first kappa shape index (κ1) is 12.8. The summed E-state index contributed by atoms with van der Waals surface area (Å²) < 4.78 is 29.6. The molecule has 0 amide bonds. The Morgan fingerprint density at radius 3 is 2.82 bits per heavy atom. The lowest BCUT2D eigenvalue weighted by Gasteiger charge is -2.09. The number of aromatic nitrogens is 1. The molecule has 0 atom stereocenters. The van der Waals surface area contributed by atoms with E-state index in [4.69, 9.17) is 11.0 Å². The molecule has 1 rings (SSSR count). The Morgan fingerprint density at radius 2 is 2.35 bits per heavy atom. The maximum Gasteiger partial charge on any atom is 0.358 e. The van der Waals surface area contributed by atoms with Gasteiger partial charge in [-0.05, 0) is 6.92 Å². The van der Waals surface area contributed by atoms with Gasteiger partial charge in [-0.15, -0.1) is 0 Å². The van der Waals surface area contributed by atoms with Crippen molar-refractivity contribution in [1.82, 2.24) is 4.98 Å². The molecule has 0 saturated heterocycles. The summed E-state index contributed by atoms with van der Waals surface area (Å²) >= 11 is 0. The number of nitrogens with zero attached hydrogens (tertiary/aromatic N) is 2. The van der Waals surface area contributed by atoms with Crippen molar-refractivity contribution in [3.8, 4) is 6.07 Å². The molecule has 1 aromatic rings. The number of rotatable bonds is 3. The molecule has 0 spiro atoms. The first-order valence-electron chi connectivity index (χ1n) is 4.66. The third kappa shape index (κ3) is 2.47. The van der Waals surface area contributed by atoms with Crippen LogP contribution in [0.15, 0.2) is 6.20 Å². The number of alkyl halides is 2. The van der Waals surface area contributed by atoms with Crippen molar-refractivity contribution >= 4 is 11.7 Å². The number of carbonyl (C=O) groups excluding carboxylic acids is 1. The van der Waals surface area contributed by atoms with E-state index in [9.17, 15) is 13.6 Å². The number of nitrogens with two attached hydrogens (primary N) is 1. The predicted octanol–water partition coefficient (Wildman–Crippen LogP) is 1.65. The van der Waals surface area contributed by atoms with E-state index in [2.05, 4.69) is 9.72 Å². The second kappa shape index (κ2) is 5.21. The normalized spacial score (nSPS) is 10.1. The van der Waals surface area contributed by atoms with Gasteiger partial charge in [-0.1, -0.05) is 0 Å². The van der Waals surface area contributed by atoms with Gasteiger partial charge in [0.2, 0.25) is 0 Å². The van der Waals surface area contributed by atoms with Crippen LogP contribution in [0.25, 0.3) is 0 Å². The first-order chi connectivity index (χ1) is 8.02. The number of hydrogen-bond donors (Lipinski definition) is 1. The van der Waals surface area contributed by atoms with E-state index >= 15 is 0 Å². The molecule has 0 aliphatic carbocycles. The van der Waals surface area contributed by atoms with Crippen LogP contribution in [0.2, 0.25) is 0 Å². The molecule has 0 aliphatic rings. The Labute approximate surface area is 95.8 Å². The van der Waals surface area contributed by atoms with Gasteiger partial charge in [0.15, 0.2) is 5.69 Å². The predicted molar refractivity (Wildman–Crippen MR) is 54.3 cm³/mol. The minimum Gasteiger partial charge on any atom is -0.461 e. The lowest BCUT2D eigenvalue weighted by molar-refractivity contribution is 0.0518. The molecule has 17 heavy (non-hydrogen) atoms. The second-order valence-electron chi connectivity index (χ2n) is 2.98. The molecule has 0 fully saturated rings. The van der Waals surface area contributed by atoms with E-state index in [0.717, 1.165) is 6.20 Å². The summed E-state index contributed by atoms with van der Waals surface area (Å²) in [6.45, 7) is 1.66. The van der Waals surface area contributed by atoms with E-state index in [1.165, 1.54) is 0 Å². The molecular weight excluding hydrogens is 232 g/mol. The monoisotopic (exact) mass is 241 g/mol. The number of nitriles is 1. The van der Waals surface area contributed by atoms with E-state index in [-0.39, 0.29) is 17.9 Å². The van der Waals surface area contributed by atoms with Crippen LogP contribution in [0.3, 0.4) is 0 Å². The Balaban J connectivity index is 3.32. The number of hydrogen-bond acceptors (Lipinski definition) is 5.